The number of nitrogens with one attached hydrogen (secondary N) is 2. The van der Waals surface area contributed by atoms with E-state index in [0.717, 1.165) is 5.56 Å². The molecule has 0 aliphatic rings. The molecule has 0 radical (unpaired) electrons. The van der Waals surface area contributed by atoms with Crippen LogP contribution in [0.1, 0.15) is 12.5 Å². The fourth-order valence-electron chi connectivity index (χ4n) is 1.70. The molecule has 5 nitrogen and oxygen atoms in total. The zero-order valence-electron chi connectivity index (χ0n) is 11.8. The summed E-state index contributed by atoms with van der Waals surface area (Å²) in [6, 6.07) is 6.13. The molecule has 2 N–H and O–H groups in total. The molecule has 1 aromatic rings. The van der Waals surface area contributed by atoms with Crippen molar-refractivity contribution in [2.24, 2.45) is 0 Å². The van der Waals surface area contributed by atoms with E-state index in [1.807, 2.05) is 6.92 Å². The second-order valence-electron chi connectivity index (χ2n) is 4.53. The number of carbonyl (C=O) groups is 2. The van der Waals surface area contributed by atoms with E-state index in [-0.39, 0.29) is 30.7 Å². The number of halogens is 1. The first-order valence-electron chi connectivity index (χ1n) is 6.47. The molecule has 1 aromatic carbocycles. The van der Waals surface area contributed by atoms with Crippen LogP contribution in [0.4, 0.5) is 4.39 Å². The Labute approximate surface area is 118 Å². The van der Waals surface area contributed by atoms with Gasteiger partial charge in [-0.3, -0.25) is 14.5 Å². The van der Waals surface area contributed by atoms with E-state index in [1.54, 1.807) is 24.1 Å². The highest BCUT2D eigenvalue weighted by Gasteiger charge is 2.08. The smallest absolute Gasteiger partial charge is 0.239 e. The van der Waals surface area contributed by atoms with Crippen molar-refractivity contribution in [1.29, 1.82) is 0 Å². The van der Waals surface area contributed by atoms with Gasteiger partial charge in [-0.25, -0.2) is 4.39 Å². The molecule has 0 fully saturated rings. The van der Waals surface area contributed by atoms with E-state index in [0.29, 0.717) is 13.1 Å². The number of nitrogens with zero attached hydrogens (tertiary/aromatic N) is 1. The first-order valence-corrected chi connectivity index (χ1v) is 6.47. The van der Waals surface area contributed by atoms with Crippen LogP contribution in [0.15, 0.2) is 24.3 Å². The van der Waals surface area contributed by atoms with Gasteiger partial charge in [0.05, 0.1) is 13.1 Å². The third-order valence-corrected chi connectivity index (χ3v) is 2.60. The monoisotopic (exact) mass is 281 g/mol. The van der Waals surface area contributed by atoms with Gasteiger partial charge in [-0.15, -0.1) is 0 Å². The van der Waals surface area contributed by atoms with Crippen LogP contribution in [0.25, 0.3) is 0 Å². The number of rotatable bonds is 7. The molecule has 6 heteroatoms. The van der Waals surface area contributed by atoms with Crippen LogP contribution in [-0.2, 0) is 16.1 Å². The van der Waals surface area contributed by atoms with Crippen LogP contribution in [-0.4, -0.2) is 43.4 Å². The van der Waals surface area contributed by atoms with Gasteiger partial charge < -0.3 is 10.6 Å². The van der Waals surface area contributed by atoms with Crippen molar-refractivity contribution in [3.05, 3.63) is 35.6 Å². The van der Waals surface area contributed by atoms with Crippen LogP contribution in [0, 0.1) is 5.82 Å². The van der Waals surface area contributed by atoms with Gasteiger partial charge in [0.15, 0.2) is 0 Å². The summed E-state index contributed by atoms with van der Waals surface area (Å²) in [6.07, 6.45) is 0. The van der Waals surface area contributed by atoms with Crippen molar-refractivity contribution in [1.82, 2.24) is 15.5 Å². The first kappa shape index (κ1) is 16.1. The van der Waals surface area contributed by atoms with E-state index in [1.165, 1.54) is 12.1 Å². The summed E-state index contributed by atoms with van der Waals surface area (Å²) in [4.78, 5) is 24.6. The average molecular weight is 281 g/mol. The molecule has 0 bridgehead atoms. The Morgan fingerprint density at radius 2 is 1.80 bits per heavy atom. The highest BCUT2D eigenvalue weighted by Crippen LogP contribution is 2.05. The van der Waals surface area contributed by atoms with E-state index in [9.17, 15) is 14.0 Å². The van der Waals surface area contributed by atoms with Gasteiger partial charge in [-0.2, -0.15) is 0 Å². The lowest BCUT2D eigenvalue weighted by atomic mass is 10.2. The standard InChI is InChI=1S/C14H20FN3O2/c1-3-16-13(19)8-17-14(20)10-18(2)9-11-4-6-12(15)7-5-11/h4-7H,3,8-10H2,1-2H3,(H,16,19)(H,17,20). The number of benzene rings is 1. The molecule has 0 unspecified atom stereocenters. The van der Waals surface area contributed by atoms with Gasteiger partial charge in [0.2, 0.25) is 11.8 Å². The fourth-order valence-corrected chi connectivity index (χ4v) is 1.70. The molecule has 0 heterocycles. The van der Waals surface area contributed by atoms with Crippen molar-refractivity contribution in [3.8, 4) is 0 Å². The maximum Gasteiger partial charge on any atom is 0.239 e. The lowest BCUT2D eigenvalue weighted by Crippen LogP contribution is -2.41. The van der Waals surface area contributed by atoms with Crippen molar-refractivity contribution in [2.45, 2.75) is 13.5 Å². The fraction of sp³-hybridized carbons (Fsp3) is 0.429. The second-order valence-corrected chi connectivity index (χ2v) is 4.53. The quantitative estimate of drug-likeness (QED) is 0.765. The predicted octanol–water partition coefficient (Wildman–Crippen LogP) is 0.510. The molecule has 20 heavy (non-hydrogen) atoms. The average Bonchev–Trinajstić information content (AvgIpc) is 2.39. The van der Waals surface area contributed by atoms with Crippen LogP contribution in [0.5, 0.6) is 0 Å². The Morgan fingerprint density at radius 3 is 2.40 bits per heavy atom. The van der Waals surface area contributed by atoms with E-state index in [4.69, 9.17) is 0 Å². The van der Waals surface area contributed by atoms with Gasteiger partial charge in [0.25, 0.3) is 0 Å². The normalized spacial score (nSPS) is 10.4. The molecule has 110 valence electrons. The molecule has 0 saturated carbocycles. The third-order valence-electron chi connectivity index (χ3n) is 2.60. The van der Waals surface area contributed by atoms with Gasteiger partial charge in [0, 0.05) is 13.1 Å². The highest BCUT2D eigenvalue weighted by atomic mass is 19.1. The van der Waals surface area contributed by atoms with E-state index < -0.39 is 0 Å². The number of hydrogen-bond donors (Lipinski definition) is 2. The van der Waals surface area contributed by atoms with Crippen LogP contribution in [0.3, 0.4) is 0 Å². The van der Waals surface area contributed by atoms with Crippen LogP contribution < -0.4 is 10.6 Å². The molecular weight excluding hydrogens is 261 g/mol. The Bertz CT molecular complexity index is 448. The summed E-state index contributed by atoms with van der Waals surface area (Å²) >= 11 is 0. The Kier molecular flexibility index (Phi) is 6.66. The van der Waals surface area contributed by atoms with Gasteiger partial charge in [0.1, 0.15) is 5.82 Å². The molecule has 2 amide bonds. The zero-order valence-corrected chi connectivity index (χ0v) is 11.8. The van der Waals surface area contributed by atoms with Crippen LogP contribution in [0.2, 0.25) is 0 Å². The largest absolute Gasteiger partial charge is 0.355 e. The predicted molar refractivity (Wildman–Crippen MR) is 74.4 cm³/mol. The van der Waals surface area contributed by atoms with Gasteiger partial charge in [-0.05, 0) is 31.7 Å². The van der Waals surface area contributed by atoms with Crippen molar-refractivity contribution in [3.63, 3.8) is 0 Å². The van der Waals surface area contributed by atoms with E-state index in [2.05, 4.69) is 10.6 Å². The third kappa shape index (κ3) is 6.29. The lowest BCUT2D eigenvalue weighted by Gasteiger charge is -2.16. The van der Waals surface area contributed by atoms with Crippen molar-refractivity contribution >= 4 is 11.8 Å². The maximum absolute atomic E-state index is 12.8. The molecule has 0 aliphatic carbocycles. The Balaban J connectivity index is 2.30. The maximum atomic E-state index is 12.8. The molecule has 1 rings (SSSR count). The first-order chi connectivity index (χ1) is 9.51. The number of likely N-dealkylation sites (N-methyl/N-ethyl adjacent to an activating group) is 2. The van der Waals surface area contributed by atoms with Gasteiger partial charge in [-0.1, -0.05) is 12.1 Å². The summed E-state index contributed by atoms with van der Waals surface area (Å²) < 4.78 is 12.8. The summed E-state index contributed by atoms with van der Waals surface area (Å²) in [7, 11) is 1.79. The minimum absolute atomic E-state index is 0.0168. The molecule has 0 spiro atoms. The topological polar surface area (TPSA) is 61.4 Å². The number of hydrogen-bond acceptors (Lipinski definition) is 3. The lowest BCUT2D eigenvalue weighted by molar-refractivity contribution is -0.126. The zero-order chi connectivity index (χ0) is 15.0. The molecule has 0 aromatic heterocycles. The summed E-state index contributed by atoms with van der Waals surface area (Å²) in [5, 5.41) is 5.14. The minimum atomic E-state index is -0.281. The highest BCUT2D eigenvalue weighted by molar-refractivity contribution is 5.85. The number of carbonyl (C=O) groups excluding carboxylic acids is 2. The summed E-state index contributed by atoms with van der Waals surface area (Å²) in [5.74, 6) is -0.709. The van der Waals surface area contributed by atoms with Crippen molar-refractivity contribution < 1.29 is 14.0 Å². The summed E-state index contributed by atoms with van der Waals surface area (Å²) in [6.45, 7) is 3.05. The molecule has 0 aliphatic heterocycles. The summed E-state index contributed by atoms with van der Waals surface area (Å²) in [5.41, 5.74) is 0.922. The SMILES string of the molecule is CCNC(=O)CNC(=O)CN(C)Cc1ccc(F)cc1. The molecular formula is C14H20FN3O2. The van der Waals surface area contributed by atoms with E-state index >= 15 is 0 Å². The Hall–Kier alpha value is -1.95. The molecule has 0 saturated heterocycles. The second kappa shape index (κ2) is 8.27. The van der Waals surface area contributed by atoms with Crippen molar-refractivity contribution in [2.75, 3.05) is 26.7 Å². The number of amides is 2. The minimum Gasteiger partial charge on any atom is -0.355 e. The van der Waals surface area contributed by atoms with Gasteiger partial charge >= 0.3 is 0 Å². The van der Waals surface area contributed by atoms with Crippen LogP contribution >= 0.6 is 0 Å². The molecule has 0 atom stereocenters. The Morgan fingerprint density at radius 1 is 1.15 bits per heavy atom.